The van der Waals surface area contributed by atoms with Crippen molar-refractivity contribution < 1.29 is 23.4 Å². The molecule has 0 radical (unpaired) electrons. The third-order valence-electron chi connectivity index (χ3n) is 1.68. The van der Waals surface area contributed by atoms with Crippen molar-refractivity contribution in [1.29, 1.82) is 0 Å². The molecule has 0 unspecified atom stereocenters. The van der Waals surface area contributed by atoms with Crippen molar-refractivity contribution in [3.63, 3.8) is 0 Å². The molecule has 82 valence electrons. The number of hydrogen-bond donors (Lipinski definition) is 2. The number of pyridine rings is 1. The fraction of sp³-hybridized carbons (Fsp3) is 0.250. The molecular formula is C8H8F2N2O3. The molecule has 0 spiro atoms. The number of ether oxygens (including phenoxy) is 1. The molecule has 1 rings (SSSR count). The highest BCUT2D eigenvalue weighted by atomic mass is 19.3. The number of aromatic carboxylic acids is 1. The first-order valence-corrected chi connectivity index (χ1v) is 3.83. The lowest BCUT2D eigenvalue weighted by Gasteiger charge is -2.08. The van der Waals surface area contributed by atoms with E-state index in [1.54, 1.807) is 0 Å². The van der Waals surface area contributed by atoms with E-state index in [1.807, 2.05) is 0 Å². The van der Waals surface area contributed by atoms with E-state index in [-0.39, 0.29) is 11.6 Å². The van der Waals surface area contributed by atoms with Crippen LogP contribution in [0, 0.1) is 0 Å². The monoisotopic (exact) mass is 218 g/mol. The molecular weight excluding hydrogens is 210 g/mol. The highest BCUT2D eigenvalue weighted by Crippen LogP contribution is 2.28. The van der Waals surface area contributed by atoms with Crippen LogP contribution in [0.4, 0.5) is 14.5 Å². The Balaban J connectivity index is 3.39. The molecule has 0 aromatic carbocycles. The summed E-state index contributed by atoms with van der Waals surface area (Å²) in [5.41, 5.74) is 3.72. The Morgan fingerprint density at radius 1 is 1.67 bits per heavy atom. The Labute approximate surface area is 83.5 Å². The average Bonchev–Trinajstić information content (AvgIpc) is 2.16. The maximum absolute atomic E-state index is 12.4. The number of halogens is 2. The number of anilines is 1. The van der Waals surface area contributed by atoms with Gasteiger partial charge in [0.25, 0.3) is 6.43 Å². The Morgan fingerprint density at radius 2 is 2.27 bits per heavy atom. The maximum Gasteiger partial charge on any atom is 0.355 e. The SMILES string of the molecule is COc1nc(C(=O)O)c(C(F)F)cc1N. The van der Waals surface area contributed by atoms with Gasteiger partial charge in [0.05, 0.1) is 18.4 Å². The summed E-state index contributed by atoms with van der Waals surface area (Å²) in [6.07, 6.45) is -2.95. The molecule has 0 bridgehead atoms. The molecule has 0 amide bonds. The van der Waals surface area contributed by atoms with Crippen LogP contribution in [0.3, 0.4) is 0 Å². The van der Waals surface area contributed by atoms with Gasteiger partial charge in [0.15, 0.2) is 5.69 Å². The second-order valence-electron chi connectivity index (χ2n) is 2.63. The number of nitrogen functional groups attached to an aromatic ring is 1. The van der Waals surface area contributed by atoms with E-state index in [0.29, 0.717) is 0 Å². The number of carboxylic acid groups (broad SMARTS) is 1. The third-order valence-corrected chi connectivity index (χ3v) is 1.68. The van der Waals surface area contributed by atoms with Gasteiger partial charge in [0.2, 0.25) is 5.88 Å². The van der Waals surface area contributed by atoms with Crippen molar-refractivity contribution in [3.05, 3.63) is 17.3 Å². The zero-order chi connectivity index (χ0) is 11.6. The lowest BCUT2D eigenvalue weighted by atomic mass is 10.2. The van der Waals surface area contributed by atoms with Crippen LogP contribution in [-0.2, 0) is 0 Å². The van der Waals surface area contributed by atoms with Crippen molar-refractivity contribution in [3.8, 4) is 5.88 Å². The van der Waals surface area contributed by atoms with Gasteiger partial charge in [-0.1, -0.05) is 0 Å². The number of hydrogen-bond acceptors (Lipinski definition) is 4. The normalized spacial score (nSPS) is 10.4. The number of nitrogens with zero attached hydrogens (tertiary/aromatic N) is 1. The summed E-state index contributed by atoms with van der Waals surface area (Å²) in [6, 6.07) is 0.847. The molecule has 0 saturated heterocycles. The van der Waals surface area contributed by atoms with E-state index in [4.69, 9.17) is 10.8 Å². The summed E-state index contributed by atoms with van der Waals surface area (Å²) in [4.78, 5) is 14.0. The van der Waals surface area contributed by atoms with Gasteiger partial charge < -0.3 is 15.6 Å². The lowest BCUT2D eigenvalue weighted by molar-refractivity contribution is 0.0676. The first-order chi connectivity index (χ1) is 6.97. The zero-order valence-corrected chi connectivity index (χ0v) is 7.70. The number of alkyl halides is 2. The van der Waals surface area contributed by atoms with Gasteiger partial charge >= 0.3 is 5.97 Å². The summed E-state index contributed by atoms with van der Waals surface area (Å²) in [5, 5.41) is 8.63. The molecule has 0 saturated carbocycles. The van der Waals surface area contributed by atoms with Gasteiger partial charge in [-0.15, -0.1) is 0 Å². The Kier molecular flexibility index (Phi) is 3.03. The van der Waals surface area contributed by atoms with Crippen molar-refractivity contribution in [2.75, 3.05) is 12.8 Å². The molecule has 3 N–H and O–H groups in total. The van der Waals surface area contributed by atoms with E-state index in [1.165, 1.54) is 7.11 Å². The van der Waals surface area contributed by atoms with Crippen LogP contribution in [0.25, 0.3) is 0 Å². The predicted molar refractivity (Wildman–Crippen MR) is 47.1 cm³/mol. The molecule has 5 nitrogen and oxygen atoms in total. The number of carbonyl (C=O) groups is 1. The molecule has 1 aromatic rings. The summed E-state index contributed by atoms with van der Waals surface area (Å²) in [6.45, 7) is 0. The topological polar surface area (TPSA) is 85.4 Å². The van der Waals surface area contributed by atoms with Crippen LogP contribution in [0.2, 0.25) is 0 Å². The van der Waals surface area contributed by atoms with Gasteiger partial charge in [-0.25, -0.2) is 18.6 Å². The fourth-order valence-corrected chi connectivity index (χ4v) is 1.03. The van der Waals surface area contributed by atoms with Crippen molar-refractivity contribution >= 4 is 11.7 Å². The molecule has 0 aliphatic heterocycles. The van der Waals surface area contributed by atoms with E-state index in [0.717, 1.165) is 6.07 Å². The molecule has 0 aliphatic rings. The van der Waals surface area contributed by atoms with E-state index < -0.39 is 23.7 Å². The summed E-state index contributed by atoms with van der Waals surface area (Å²) >= 11 is 0. The lowest BCUT2D eigenvalue weighted by Crippen LogP contribution is -2.09. The van der Waals surface area contributed by atoms with Crippen molar-refractivity contribution in [2.45, 2.75) is 6.43 Å². The first kappa shape index (κ1) is 11.2. The second-order valence-corrected chi connectivity index (χ2v) is 2.63. The molecule has 1 aromatic heterocycles. The molecule has 1 heterocycles. The van der Waals surface area contributed by atoms with Gasteiger partial charge in [-0.05, 0) is 6.07 Å². The highest BCUT2D eigenvalue weighted by Gasteiger charge is 2.22. The molecule has 0 fully saturated rings. The van der Waals surface area contributed by atoms with Crippen molar-refractivity contribution in [2.24, 2.45) is 0 Å². The standard InChI is InChI=1S/C8H8F2N2O3/c1-15-7-4(11)2-3(6(9)10)5(12-7)8(13)14/h2,6H,11H2,1H3,(H,13,14). The Hall–Kier alpha value is -1.92. The molecule has 7 heteroatoms. The van der Waals surface area contributed by atoms with Crippen LogP contribution in [-0.4, -0.2) is 23.2 Å². The minimum Gasteiger partial charge on any atom is -0.480 e. The van der Waals surface area contributed by atoms with E-state index in [9.17, 15) is 13.6 Å². The van der Waals surface area contributed by atoms with Crippen LogP contribution in [0.15, 0.2) is 6.07 Å². The molecule has 0 atom stereocenters. The number of aromatic nitrogens is 1. The summed E-state index contributed by atoms with van der Waals surface area (Å²) in [7, 11) is 1.21. The largest absolute Gasteiger partial charge is 0.480 e. The maximum atomic E-state index is 12.4. The van der Waals surface area contributed by atoms with Crippen LogP contribution >= 0.6 is 0 Å². The predicted octanol–water partition coefficient (Wildman–Crippen LogP) is 1.31. The smallest absolute Gasteiger partial charge is 0.355 e. The third kappa shape index (κ3) is 2.12. The van der Waals surface area contributed by atoms with Crippen LogP contribution in [0.5, 0.6) is 5.88 Å². The number of methoxy groups -OCH3 is 1. The van der Waals surface area contributed by atoms with Gasteiger partial charge in [0.1, 0.15) is 0 Å². The average molecular weight is 218 g/mol. The number of nitrogens with two attached hydrogens (primary N) is 1. The van der Waals surface area contributed by atoms with Gasteiger partial charge in [-0.2, -0.15) is 0 Å². The van der Waals surface area contributed by atoms with Gasteiger partial charge in [-0.3, -0.25) is 0 Å². The van der Waals surface area contributed by atoms with Crippen LogP contribution < -0.4 is 10.5 Å². The minimum absolute atomic E-state index is 0.127. The second kappa shape index (κ2) is 4.07. The van der Waals surface area contributed by atoms with E-state index >= 15 is 0 Å². The Bertz CT molecular complexity index is 396. The number of carboxylic acids is 1. The van der Waals surface area contributed by atoms with Crippen molar-refractivity contribution in [1.82, 2.24) is 4.98 Å². The van der Waals surface area contributed by atoms with E-state index in [2.05, 4.69) is 9.72 Å². The summed E-state index contributed by atoms with van der Waals surface area (Å²) < 4.78 is 29.4. The first-order valence-electron chi connectivity index (χ1n) is 3.83. The zero-order valence-electron chi connectivity index (χ0n) is 7.70. The number of rotatable bonds is 3. The van der Waals surface area contributed by atoms with Gasteiger partial charge in [0, 0.05) is 0 Å². The summed E-state index contributed by atoms with van der Waals surface area (Å²) in [5.74, 6) is -1.74. The quantitative estimate of drug-likeness (QED) is 0.798. The Morgan fingerprint density at radius 3 is 2.67 bits per heavy atom. The minimum atomic E-state index is -2.95. The fourth-order valence-electron chi connectivity index (χ4n) is 1.03. The molecule has 15 heavy (non-hydrogen) atoms. The molecule has 0 aliphatic carbocycles. The highest BCUT2D eigenvalue weighted by molar-refractivity contribution is 5.88. The van der Waals surface area contributed by atoms with Crippen LogP contribution in [0.1, 0.15) is 22.5 Å².